The van der Waals surface area contributed by atoms with E-state index >= 15 is 0 Å². The molecule has 0 N–H and O–H groups in total. The third-order valence-corrected chi connectivity index (χ3v) is 3.01. The molecule has 0 saturated carbocycles. The number of Topliss-reactive ketones (excluding diaryl/α,β-unsaturated/α-hetero) is 1. The number of carbonyl (C=O) groups is 1. The summed E-state index contributed by atoms with van der Waals surface area (Å²) in [5.41, 5.74) is 3.81. The van der Waals surface area contributed by atoms with E-state index in [1.165, 1.54) is 0 Å². The highest BCUT2D eigenvalue weighted by atomic mass is 16.5. The topological polar surface area (TPSA) is 26.3 Å². The number of benzene rings is 2. The molecule has 2 aromatic rings. The van der Waals surface area contributed by atoms with Crippen LogP contribution in [0.25, 0.3) is 11.1 Å². The van der Waals surface area contributed by atoms with E-state index in [9.17, 15) is 4.79 Å². The summed E-state index contributed by atoms with van der Waals surface area (Å²) >= 11 is 0. The highest BCUT2D eigenvalue weighted by Crippen LogP contribution is 2.35. The number of ketones is 1. The number of carbonyl (C=O) groups excluding carboxylic acids is 1. The van der Waals surface area contributed by atoms with E-state index in [-0.39, 0.29) is 12.4 Å². The van der Waals surface area contributed by atoms with Crippen LogP contribution in [-0.2, 0) is 0 Å². The van der Waals surface area contributed by atoms with Crippen molar-refractivity contribution < 1.29 is 9.53 Å². The number of hydrogen-bond acceptors (Lipinski definition) is 2. The second-order valence-corrected chi connectivity index (χ2v) is 4.26. The first kappa shape index (κ1) is 10.1. The minimum Gasteiger partial charge on any atom is -0.485 e. The first-order valence-electron chi connectivity index (χ1n) is 5.62. The summed E-state index contributed by atoms with van der Waals surface area (Å²) in [4.78, 5) is 12.0. The lowest BCUT2D eigenvalue weighted by Gasteiger charge is -2.07. The predicted octanol–water partition coefficient (Wildman–Crippen LogP) is 3.24. The third-order valence-electron chi connectivity index (χ3n) is 3.01. The van der Waals surface area contributed by atoms with Gasteiger partial charge in [-0.25, -0.2) is 0 Å². The number of rotatable bonds is 0. The van der Waals surface area contributed by atoms with Crippen molar-refractivity contribution in [3.63, 3.8) is 0 Å². The van der Waals surface area contributed by atoms with Crippen molar-refractivity contribution >= 4 is 5.78 Å². The highest BCUT2D eigenvalue weighted by Gasteiger charge is 2.20. The molecule has 0 atom stereocenters. The van der Waals surface area contributed by atoms with Crippen LogP contribution in [0.2, 0.25) is 0 Å². The van der Waals surface area contributed by atoms with E-state index in [2.05, 4.69) is 0 Å². The van der Waals surface area contributed by atoms with Gasteiger partial charge in [0.1, 0.15) is 5.75 Å². The smallest absolute Gasteiger partial charge is 0.200 e. The van der Waals surface area contributed by atoms with Gasteiger partial charge in [0.2, 0.25) is 5.78 Å². The van der Waals surface area contributed by atoms with Crippen molar-refractivity contribution in [3.05, 3.63) is 53.6 Å². The lowest BCUT2D eigenvalue weighted by Crippen LogP contribution is -2.09. The van der Waals surface area contributed by atoms with E-state index in [1.807, 2.05) is 49.4 Å². The molecule has 3 rings (SSSR count). The fraction of sp³-hybridized carbons (Fsp3) is 0.133. The van der Waals surface area contributed by atoms with E-state index in [0.717, 1.165) is 28.0 Å². The Bertz CT molecular complexity index is 600. The zero-order chi connectivity index (χ0) is 11.8. The van der Waals surface area contributed by atoms with E-state index in [1.54, 1.807) is 0 Å². The van der Waals surface area contributed by atoms with Gasteiger partial charge in [0.25, 0.3) is 0 Å². The van der Waals surface area contributed by atoms with Crippen molar-refractivity contribution in [2.75, 3.05) is 6.61 Å². The molecule has 0 spiro atoms. The van der Waals surface area contributed by atoms with Crippen LogP contribution in [0.1, 0.15) is 15.9 Å². The molecule has 2 heteroatoms. The second-order valence-electron chi connectivity index (χ2n) is 4.26. The van der Waals surface area contributed by atoms with Gasteiger partial charge in [-0.2, -0.15) is 0 Å². The molecule has 2 nitrogen and oxygen atoms in total. The first-order chi connectivity index (χ1) is 8.25. The summed E-state index contributed by atoms with van der Waals surface area (Å²) in [6.45, 7) is 2.11. The normalized spacial score (nSPS) is 13.4. The molecule has 0 unspecified atom stereocenters. The van der Waals surface area contributed by atoms with Crippen LogP contribution in [0.3, 0.4) is 0 Å². The third kappa shape index (κ3) is 1.62. The molecule has 0 bridgehead atoms. The fourth-order valence-electron chi connectivity index (χ4n) is 2.16. The molecule has 1 aliphatic heterocycles. The summed E-state index contributed by atoms with van der Waals surface area (Å²) in [5.74, 6) is 0.823. The van der Waals surface area contributed by atoms with Crippen LogP contribution in [0.5, 0.6) is 5.75 Å². The van der Waals surface area contributed by atoms with Crippen molar-refractivity contribution in [1.29, 1.82) is 0 Å². The van der Waals surface area contributed by atoms with E-state index < -0.39 is 0 Å². The molecule has 0 aliphatic carbocycles. The average molecular weight is 224 g/mol. The van der Waals surface area contributed by atoms with Crippen molar-refractivity contribution in [2.24, 2.45) is 0 Å². The lowest BCUT2D eigenvalue weighted by atomic mass is 9.96. The molecule has 1 aliphatic rings. The minimum absolute atomic E-state index is 0.0416. The molecule has 0 fully saturated rings. The minimum atomic E-state index is 0.0416. The van der Waals surface area contributed by atoms with Crippen LogP contribution in [0.15, 0.2) is 42.5 Å². The molecular weight excluding hydrogens is 212 g/mol. The Labute approximate surface area is 99.9 Å². The molecule has 17 heavy (non-hydrogen) atoms. The lowest BCUT2D eigenvalue weighted by molar-refractivity contribution is 0.0925. The van der Waals surface area contributed by atoms with Gasteiger partial charge in [-0.1, -0.05) is 35.9 Å². The van der Waals surface area contributed by atoms with Gasteiger partial charge >= 0.3 is 0 Å². The van der Waals surface area contributed by atoms with Crippen LogP contribution in [-0.4, -0.2) is 12.4 Å². The Morgan fingerprint density at radius 1 is 1.00 bits per heavy atom. The first-order valence-corrected chi connectivity index (χ1v) is 5.62. The Morgan fingerprint density at radius 3 is 2.71 bits per heavy atom. The maximum atomic E-state index is 12.0. The molecule has 84 valence electrons. The molecule has 2 aromatic carbocycles. The second kappa shape index (κ2) is 3.74. The van der Waals surface area contributed by atoms with Crippen LogP contribution >= 0.6 is 0 Å². The van der Waals surface area contributed by atoms with E-state index in [4.69, 9.17) is 4.74 Å². The number of aryl methyl sites for hydroxylation is 1. The largest absolute Gasteiger partial charge is 0.485 e. The Hall–Kier alpha value is -2.09. The van der Waals surface area contributed by atoms with Crippen molar-refractivity contribution in [1.82, 2.24) is 0 Å². The molecule has 0 radical (unpaired) electrons. The SMILES string of the molecule is Cc1ccc2c(c1)C(=O)COc1ccccc1-2. The molecule has 1 heterocycles. The van der Waals surface area contributed by atoms with Gasteiger partial charge in [-0.15, -0.1) is 0 Å². The van der Waals surface area contributed by atoms with Gasteiger partial charge in [0.15, 0.2) is 6.61 Å². The summed E-state index contributed by atoms with van der Waals surface area (Å²) in [7, 11) is 0. The maximum Gasteiger partial charge on any atom is 0.200 e. The zero-order valence-corrected chi connectivity index (χ0v) is 9.57. The van der Waals surface area contributed by atoms with Crippen LogP contribution in [0.4, 0.5) is 0 Å². The summed E-state index contributed by atoms with van der Waals surface area (Å²) in [6, 6.07) is 13.7. The van der Waals surface area contributed by atoms with Gasteiger partial charge in [-0.05, 0) is 24.6 Å². The van der Waals surface area contributed by atoms with Crippen molar-refractivity contribution in [3.8, 4) is 16.9 Å². The number of hydrogen-bond donors (Lipinski definition) is 0. The summed E-state index contributed by atoms with van der Waals surface area (Å²) < 4.78 is 5.53. The molecular formula is C15H12O2. The summed E-state index contributed by atoms with van der Waals surface area (Å²) in [6.07, 6.45) is 0. The fourth-order valence-corrected chi connectivity index (χ4v) is 2.16. The van der Waals surface area contributed by atoms with Crippen molar-refractivity contribution in [2.45, 2.75) is 6.92 Å². The van der Waals surface area contributed by atoms with Gasteiger partial charge in [-0.3, -0.25) is 4.79 Å². The number of fused-ring (bicyclic) bond motifs is 3. The van der Waals surface area contributed by atoms with Gasteiger partial charge < -0.3 is 4.74 Å². The molecule has 0 amide bonds. The average Bonchev–Trinajstić information content (AvgIpc) is 2.48. The van der Waals surface area contributed by atoms with Crippen LogP contribution in [0, 0.1) is 6.92 Å². The maximum absolute atomic E-state index is 12.0. The van der Waals surface area contributed by atoms with Gasteiger partial charge in [0.05, 0.1) is 0 Å². The highest BCUT2D eigenvalue weighted by molar-refractivity contribution is 6.05. The number of ether oxygens (including phenoxy) is 1. The number of para-hydroxylation sites is 1. The van der Waals surface area contributed by atoms with Gasteiger partial charge in [0, 0.05) is 11.1 Å². The molecule has 0 saturated heterocycles. The quantitative estimate of drug-likeness (QED) is 0.686. The summed E-state index contributed by atoms with van der Waals surface area (Å²) in [5, 5.41) is 0. The van der Waals surface area contributed by atoms with Crippen LogP contribution < -0.4 is 4.74 Å². The zero-order valence-electron chi connectivity index (χ0n) is 9.57. The standard InChI is InChI=1S/C15H12O2/c1-10-6-7-11-12-4-2-3-5-15(12)17-9-14(16)13(11)8-10/h2-8H,9H2,1H3. The Kier molecular flexibility index (Phi) is 2.22. The molecule has 0 aromatic heterocycles. The Morgan fingerprint density at radius 2 is 1.82 bits per heavy atom. The van der Waals surface area contributed by atoms with E-state index in [0.29, 0.717) is 0 Å². The Balaban J connectivity index is 2.31. The predicted molar refractivity (Wildman–Crippen MR) is 66.4 cm³/mol. The monoisotopic (exact) mass is 224 g/mol.